The SMILES string of the molecule is COCc1ccccc1C(=O)N[C@H](CCC(N)=O)C(=O)O. The van der Waals surface area contributed by atoms with Crippen molar-refractivity contribution in [1.29, 1.82) is 0 Å². The summed E-state index contributed by atoms with van der Waals surface area (Å²) in [5, 5.41) is 11.4. The second kappa shape index (κ2) is 8.01. The molecule has 0 bridgehead atoms. The molecule has 0 saturated carbocycles. The van der Waals surface area contributed by atoms with Gasteiger partial charge in [0, 0.05) is 19.1 Å². The Morgan fingerprint density at radius 3 is 2.57 bits per heavy atom. The number of ether oxygens (including phenoxy) is 1. The molecule has 0 fully saturated rings. The first-order valence-corrected chi connectivity index (χ1v) is 6.34. The molecule has 0 aliphatic heterocycles. The predicted molar refractivity (Wildman–Crippen MR) is 74.5 cm³/mol. The monoisotopic (exact) mass is 294 g/mol. The molecule has 4 N–H and O–H groups in total. The van der Waals surface area contributed by atoms with Crippen LogP contribution in [0.2, 0.25) is 0 Å². The Kier molecular flexibility index (Phi) is 6.35. The van der Waals surface area contributed by atoms with Crippen molar-refractivity contribution < 1.29 is 24.2 Å². The number of methoxy groups -OCH3 is 1. The van der Waals surface area contributed by atoms with Gasteiger partial charge in [-0.15, -0.1) is 0 Å². The highest BCUT2D eigenvalue weighted by Crippen LogP contribution is 2.11. The molecule has 0 heterocycles. The van der Waals surface area contributed by atoms with Crippen molar-refractivity contribution in [3.05, 3.63) is 35.4 Å². The Morgan fingerprint density at radius 1 is 1.33 bits per heavy atom. The number of hydrogen-bond donors (Lipinski definition) is 3. The van der Waals surface area contributed by atoms with Gasteiger partial charge in [0.2, 0.25) is 5.91 Å². The molecule has 0 aliphatic rings. The molecular formula is C14H18N2O5. The summed E-state index contributed by atoms with van der Waals surface area (Å²) >= 11 is 0. The highest BCUT2D eigenvalue weighted by molar-refractivity contribution is 5.97. The Bertz CT molecular complexity index is 530. The molecule has 1 atom stereocenters. The molecule has 0 aromatic heterocycles. The minimum atomic E-state index is -1.21. The van der Waals surface area contributed by atoms with Crippen LogP contribution in [0.4, 0.5) is 0 Å². The van der Waals surface area contributed by atoms with E-state index >= 15 is 0 Å². The Balaban J connectivity index is 2.82. The fraction of sp³-hybridized carbons (Fsp3) is 0.357. The Morgan fingerprint density at radius 2 is 2.00 bits per heavy atom. The van der Waals surface area contributed by atoms with E-state index in [2.05, 4.69) is 5.32 Å². The Labute approximate surface area is 122 Å². The average Bonchev–Trinajstić information content (AvgIpc) is 2.43. The van der Waals surface area contributed by atoms with Gasteiger partial charge in [0.25, 0.3) is 5.91 Å². The molecule has 1 aromatic rings. The van der Waals surface area contributed by atoms with Crippen molar-refractivity contribution in [2.24, 2.45) is 5.73 Å². The van der Waals surface area contributed by atoms with E-state index in [4.69, 9.17) is 15.6 Å². The van der Waals surface area contributed by atoms with Crippen LogP contribution in [0.3, 0.4) is 0 Å². The molecule has 114 valence electrons. The lowest BCUT2D eigenvalue weighted by molar-refractivity contribution is -0.139. The maximum atomic E-state index is 12.2. The van der Waals surface area contributed by atoms with Crippen molar-refractivity contribution in [3.8, 4) is 0 Å². The normalized spacial score (nSPS) is 11.7. The fourth-order valence-corrected chi connectivity index (χ4v) is 1.80. The van der Waals surface area contributed by atoms with Gasteiger partial charge in [-0.25, -0.2) is 4.79 Å². The van der Waals surface area contributed by atoms with Crippen LogP contribution in [0.25, 0.3) is 0 Å². The number of nitrogens with one attached hydrogen (secondary N) is 1. The van der Waals surface area contributed by atoms with Crippen LogP contribution in [-0.4, -0.2) is 36.0 Å². The largest absolute Gasteiger partial charge is 0.480 e. The molecule has 21 heavy (non-hydrogen) atoms. The summed E-state index contributed by atoms with van der Waals surface area (Å²) in [6.07, 6.45) is -0.167. The van der Waals surface area contributed by atoms with E-state index in [0.29, 0.717) is 11.1 Å². The number of amides is 2. The summed E-state index contributed by atoms with van der Waals surface area (Å²) in [5.41, 5.74) is 5.97. The van der Waals surface area contributed by atoms with Gasteiger partial charge >= 0.3 is 5.97 Å². The number of primary amides is 1. The molecule has 1 aromatic carbocycles. The summed E-state index contributed by atoms with van der Waals surface area (Å²) in [6, 6.07) is 5.56. The summed E-state index contributed by atoms with van der Waals surface area (Å²) < 4.78 is 4.99. The zero-order valence-corrected chi connectivity index (χ0v) is 11.7. The van der Waals surface area contributed by atoms with E-state index in [1.807, 2.05) is 0 Å². The molecule has 0 saturated heterocycles. The van der Waals surface area contributed by atoms with Crippen molar-refractivity contribution in [2.75, 3.05) is 7.11 Å². The number of nitrogens with two attached hydrogens (primary N) is 1. The lowest BCUT2D eigenvalue weighted by Crippen LogP contribution is -2.41. The van der Waals surface area contributed by atoms with Crippen molar-refractivity contribution in [2.45, 2.75) is 25.5 Å². The zero-order chi connectivity index (χ0) is 15.8. The highest BCUT2D eigenvalue weighted by atomic mass is 16.5. The smallest absolute Gasteiger partial charge is 0.326 e. The van der Waals surface area contributed by atoms with Crippen LogP contribution in [0.15, 0.2) is 24.3 Å². The number of aliphatic carboxylic acids is 1. The number of carbonyl (C=O) groups excluding carboxylic acids is 2. The van der Waals surface area contributed by atoms with Crippen molar-refractivity contribution in [3.63, 3.8) is 0 Å². The number of carbonyl (C=O) groups is 3. The van der Waals surface area contributed by atoms with E-state index in [1.165, 1.54) is 7.11 Å². The zero-order valence-electron chi connectivity index (χ0n) is 11.7. The van der Waals surface area contributed by atoms with Gasteiger partial charge in [-0.05, 0) is 18.1 Å². The molecular weight excluding hydrogens is 276 g/mol. The van der Waals surface area contributed by atoms with E-state index in [0.717, 1.165) is 0 Å². The van der Waals surface area contributed by atoms with Gasteiger partial charge in [0.05, 0.1) is 6.61 Å². The van der Waals surface area contributed by atoms with Crippen LogP contribution < -0.4 is 11.1 Å². The number of carboxylic acid groups (broad SMARTS) is 1. The molecule has 0 radical (unpaired) electrons. The van der Waals surface area contributed by atoms with Crippen LogP contribution in [0.1, 0.15) is 28.8 Å². The second-order valence-corrected chi connectivity index (χ2v) is 4.46. The maximum Gasteiger partial charge on any atom is 0.326 e. The lowest BCUT2D eigenvalue weighted by atomic mass is 10.1. The quantitative estimate of drug-likeness (QED) is 0.636. The van der Waals surface area contributed by atoms with E-state index in [9.17, 15) is 14.4 Å². The first kappa shape index (κ1) is 16.6. The summed E-state index contributed by atoms with van der Waals surface area (Å²) in [5.74, 6) is -2.36. The van der Waals surface area contributed by atoms with Crippen molar-refractivity contribution >= 4 is 17.8 Å². The van der Waals surface area contributed by atoms with Gasteiger partial charge in [-0.3, -0.25) is 9.59 Å². The van der Waals surface area contributed by atoms with Crippen LogP contribution >= 0.6 is 0 Å². The fourth-order valence-electron chi connectivity index (χ4n) is 1.80. The number of rotatable bonds is 8. The number of carboxylic acids is 1. The van der Waals surface area contributed by atoms with E-state index in [1.54, 1.807) is 24.3 Å². The molecule has 1 rings (SSSR count). The topological polar surface area (TPSA) is 119 Å². The van der Waals surface area contributed by atoms with Crippen LogP contribution in [0, 0.1) is 0 Å². The van der Waals surface area contributed by atoms with Gasteiger partial charge in [0.15, 0.2) is 0 Å². The molecule has 7 nitrogen and oxygen atoms in total. The van der Waals surface area contributed by atoms with Gasteiger partial charge < -0.3 is 20.9 Å². The summed E-state index contributed by atoms with van der Waals surface area (Å²) in [6.45, 7) is 0.239. The Hall–Kier alpha value is -2.41. The van der Waals surface area contributed by atoms with Gasteiger partial charge in [0.1, 0.15) is 6.04 Å². The van der Waals surface area contributed by atoms with Gasteiger partial charge in [-0.2, -0.15) is 0 Å². The molecule has 0 aliphatic carbocycles. The third kappa shape index (κ3) is 5.23. The molecule has 0 spiro atoms. The molecule has 0 unspecified atom stereocenters. The molecule has 7 heteroatoms. The average molecular weight is 294 g/mol. The van der Waals surface area contributed by atoms with Crippen LogP contribution in [0.5, 0.6) is 0 Å². The van der Waals surface area contributed by atoms with Crippen LogP contribution in [-0.2, 0) is 20.9 Å². The third-order valence-electron chi connectivity index (χ3n) is 2.84. The lowest BCUT2D eigenvalue weighted by Gasteiger charge is -2.15. The molecule has 2 amide bonds. The second-order valence-electron chi connectivity index (χ2n) is 4.46. The van der Waals surface area contributed by atoms with E-state index < -0.39 is 23.8 Å². The number of hydrogen-bond acceptors (Lipinski definition) is 4. The number of benzene rings is 1. The minimum Gasteiger partial charge on any atom is -0.480 e. The predicted octanol–water partition coefficient (Wildman–Crippen LogP) is 0.282. The third-order valence-corrected chi connectivity index (χ3v) is 2.84. The van der Waals surface area contributed by atoms with Crippen molar-refractivity contribution in [1.82, 2.24) is 5.32 Å². The first-order chi connectivity index (χ1) is 9.95. The summed E-state index contributed by atoms with van der Waals surface area (Å²) in [4.78, 5) is 34.0. The van der Waals surface area contributed by atoms with E-state index in [-0.39, 0.29) is 19.4 Å². The highest BCUT2D eigenvalue weighted by Gasteiger charge is 2.22. The maximum absolute atomic E-state index is 12.2. The standard InChI is InChI=1S/C14H18N2O5/c1-21-8-9-4-2-3-5-10(9)13(18)16-11(14(19)20)6-7-12(15)17/h2-5,11H,6-8H2,1H3,(H2,15,17)(H,16,18)(H,19,20)/t11-/m1/s1. The minimum absolute atomic E-state index is 0.0527. The summed E-state index contributed by atoms with van der Waals surface area (Å²) in [7, 11) is 1.50. The van der Waals surface area contributed by atoms with Gasteiger partial charge in [-0.1, -0.05) is 18.2 Å². The first-order valence-electron chi connectivity index (χ1n) is 6.34.